The molecule has 0 aromatic heterocycles. The second kappa shape index (κ2) is 11.6. The number of rotatable bonds is 10. The maximum atomic E-state index is 13.9. The molecule has 7 nitrogen and oxygen atoms in total. The highest BCUT2D eigenvalue weighted by Gasteiger charge is 2.59. The molecule has 34 heavy (non-hydrogen) atoms. The number of carbonyl (C=O) groups excluding carboxylic acids is 3. The molecule has 186 valence electrons. The first kappa shape index (κ1) is 25.9. The Labute approximate surface area is 202 Å². The zero-order valence-electron chi connectivity index (χ0n) is 20.6. The van der Waals surface area contributed by atoms with Crippen LogP contribution in [0.1, 0.15) is 46.1 Å². The zero-order chi connectivity index (χ0) is 24.8. The fraction of sp³-hybridized carbons (Fsp3) is 0.593. The van der Waals surface area contributed by atoms with Crippen LogP contribution < -0.4 is 5.32 Å². The number of likely N-dealkylation sites (tertiary alicyclic amines) is 1. The van der Waals surface area contributed by atoms with Crippen LogP contribution in [0.25, 0.3) is 0 Å². The first-order valence-electron chi connectivity index (χ1n) is 12.5. The van der Waals surface area contributed by atoms with Crippen LogP contribution in [0.15, 0.2) is 42.5 Å². The monoisotopic (exact) mass is 470 g/mol. The number of ether oxygens (including phenoxy) is 1. The highest BCUT2D eigenvalue weighted by Crippen LogP contribution is 2.46. The van der Waals surface area contributed by atoms with Crippen LogP contribution >= 0.6 is 0 Å². The smallest absolute Gasteiger partial charge is 0.310 e. The Kier molecular flexibility index (Phi) is 8.89. The van der Waals surface area contributed by atoms with E-state index in [1.807, 2.05) is 63.3 Å². The molecule has 2 N–H and O–H groups in total. The first-order chi connectivity index (χ1) is 16.4. The summed E-state index contributed by atoms with van der Waals surface area (Å²) in [5.74, 6) is -2.83. The summed E-state index contributed by atoms with van der Waals surface area (Å²) in [7, 11) is 0. The molecular formula is C27H38N2O5. The van der Waals surface area contributed by atoms with Crippen molar-refractivity contribution in [2.24, 2.45) is 29.6 Å². The second-order valence-corrected chi connectivity index (χ2v) is 9.37. The molecule has 7 atom stereocenters. The van der Waals surface area contributed by atoms with Gasteiger partial charge in [0.25, 0.3) is 0 Å². The van der Waals surface area contributed by atoms with Gasteiger partial charge in [-0.1, -0.05) is 69.7 Å². The predicted octanol–water partition coefficient (Wildman–Crippen LogP) is 2.93. The van der Waals surface area contributed by atoms with E-state index < -0.39 is 35.8 Å². The highest BCUT2D eigenvalue weighted by molar-refractivity contribution is 5.96. The second-order valence-electron chi connectivity index (χ2n) is 9.37. The molecule has 1 heterocycles. The third-order valence-electron chi connectivity index (χ3n) is 7.50. The number of amides is 2. The SMILES string of the molecule is CCOC(=O)[C@H]1[C@H]2C(=O)N([C@@H](CO)[C@@H](C)CC)[C@H](C(=O)NCc3ccccc3)[C@H]2C=C[C@H]1CC. The third kappa shape index (κ3) is 5.04. The van der Waals surface area contributed by atoms with Gasteiger partial charge in [0, 0.05) is 12.5 Å². The molecule has 1 aromatic carbocycles. The molecule has 0 unspecified atom stereocenters. The van der Waals surface area contributed by atoms with Gasteiger partial charge in [-0.25, -0.2) is 0 Å². The molecule has 2 amide bonds. The van der Waals surface area contributed by atoms with Crippen molar-refractivity contribution in [3.63, 3.8) is 0 Å². The van der Waals surface area contributed by atoms with Crippen molar-refractivity contribution in [1.82, 2.24) is 10.2 Å². The number of carbonyl (C=O) groups is 3. The lowest BCUT2D eigenvalue weighted by atomic mass is 9.69. The van der Waals surface area contributed by atoms with Gasteiger partial charge in [0.2, 0.25) is 11.8 Å². The van der Waals surface area contributed by atoms with Crippen molar-refractivity contribution in [2.75, 3.05) is 13.2 Å². The van der Waals surface area contributed by atoms with E-state index in [1.54, 1.807) is 11.8 Å². The van der Waals surface area contributed by atoms with Crippen molar-refractivity contribution in [2.45, 2.75) is 59.2 Å². The number of fused-ring (bicyclic) bond motifs is 1. The number of nitrogens with one attached hydrogen (secondary N) is 1. The molecule has 0 saturated carbocycles. The number of nitrogens with zero attached hydrogens (tertiary/aromatic N) is 1. The summed E-state index contributed by atoms with van der Waals surface area (Å²) in [6, 6.07) is 8.29. The minimum absolute atomic E-state index is 0.00878. The molecular weight excluding hydrogens is 432 g/mol. The van der Waals surface area contributed by atoms with Gasteiger partial charge in [-0.3, -0.25) is 14.4 Å². The Hall–Kier alpha value is -2.67. The lowest BCUT2D eigenvalue weighted by molar-refractivity contribution is -0.156. The van der Waals surface area contributed by atoms with Crippen molar-refractivity contribution < 1.29 is 24.2 Å². The molecule has 0 radical (unpaired) electrons. The molecule has 0 spiro atoms. The predicted molar refractivity (Wildman–Crippen MR) is 129 cm³/mol. The molecule has 0 bridgehead atoms. The standard InChI is InChI=1S/C27H38N2O5/c1-5-17(4)21(16-30)29-24(25(31)28-15-18-11-9-8-10-12-18)20-14-13-19(6-2)22(23(20)26(29)32)27(33)34-7-3/h8-14,17,19-24,30H,5-7,15-16H2,1-4H3,(H,28,31)/t17-,19+,20-,21-,22+,23-,24-/m0/s1. The molecule has 2 aliphatic rings. The first-order valence-corrected chi connectivity index (χ1v) is 12.5. The van der Waals surface area contributed by atoms with Gasteiger partial charge in [-0.2, -0.15) is 0 Å². The van der Waals surface area contributed by atoms with Crippen LogP contribution in [0.3, 0.4) is 0 Å². The number of aliphatic hydroxyl groups is 1. The average molecular weight is 471 g/mol. The van der Waals surface area contributed by atoms with Gasteiger partial charge >= 0.3 is 5.97 Å². The Bertz CT molecular complexity index is 886. The number of benzene rings is 1. The molecule has 1 aromatic rings. The van der Waals surface area contributed by atoms with Crippen LogP contribution in [-0.4, -0.2) is 53.1 Å². The fourth-order valence-corrected chi connectivity index (χ4v) is 5.46. The molecule has 1 saturated heterocycles. The fourth-order valence-electron chi connectivity index (χ4n) is 5.46. The summed E-state index contributed by atoms with van der Waals surface area (Å²) in [6.45, 7) is 8.04. The van der Waals surface area contributed by atoms with Gasteiger partial charge in [0.1, 0.15) is 6.04 Å². The van der Waals surface area contributed by atoms with Crippen molar-refractivity contribution in [3.8, 4) is 0 Å². The maximum Gasteiger partial charge on any atom is 0.310 e. The summed E-state index contributed by atoms with van der Waals surface area (Å²) in [4.78, 5) is 42.1. The molecule has 1 aliphatic carbocycles. The number of hydrogen-bond acceptors (Lipinski definition) is 5. The summed E-state index contributed by atoms with van der Waals surface area (Å²) >= 11 is 0. The van der Waals surface area contributed by atoms with E-state index in [9.17, 15) is 19.5 Å². The molecule has 1 aliphatic heterocycles. The van der Waals surface area contributed by atoms with Gasteiger partial charge < -0.3 is 20.1 Å². The van der Waals surface area contributed by atoms with Crippen LogP contribution in [0.4, 0.5) is 0 Å². The largest absolute Gasteiger partial charge is 0.466 e. The maximum absolute atomic E-state index is 13.9. The van der Waals surface area contributed by atoms with Gasteiger partial charge in [-0.15, -0.1) is 0 Å². The average Bonchev–Trinajstić information content (AvgIpc) is 3.15. The minimum atomic E-state index is -0.793. The number of aliphatic hydroxyl groups excluding tert-OH is 1. The van der Waals surface area contributed by atoms with Crippen LogP contribution in [0.2, 0.25) is 0 Å². The van der Waals surface area contributed by atoms with E-state index in [0.717, 1.165) is 12.0 Å². The summed E-state index contributed by atoms with van der Waals surface area (Å²) < 4.78 is 5.37. The van der Waals surface area contributed by atoms with Crippen LogP contribution in [0.5, 0.6) is 0 Å². The minimum Gasteiger partial charge on any atom is -0.466 e. The summed E-state index contributed by atoms with van der Waals surface area (Å²) in [5.41, 5.74) is 0.957. The highest BCUT2D eigenvalue weighted by atomic mass is 16.5. The van der Waals surface area contributed by atoms with Crippen molar-refractivity contribution >= 4 is 17.8 Å². The van der Waals surface area contributed by atoms with E-state index in [2.05, 4.69) is 5.32 Å². The lowest BCUT2D eigenvalue weighted by Crippen LogP contribution is -2.54. The van der Waals surface area contributed by atoms with Crippen molar-refractivity contribution in [1.29, 1.82) is 0 Å². The number of hydrogen-bond donors (Lipinski definition) is 2. The third-order valence-corrected chi connectivity index (χ3v) is 7.50. The van der Waals surface area contributed by atoms with Gasteiger partial charge in [-0.05, 0) is 30.7 Å². The topological polar surface area (TPSA) is 95.9 Å². The number of allylic oxidation sites excluding steroid dienone is 1. The Morgan fingerprint density at radius 3 is 2.44 bits per heavy atom. The van der Waals surface area contributed by atoms with Crippen LogP contribution in [-0.2, 0) is 25.7 Å². The Morgan fingerprint density at radius 2 is 1.85 bits per heavy atom. The number of esters is 1. The normalized spacial score (nSPS) is 27.7. The molecule has 7 heteroatoms. The van der Waals surface area contributed by atoms with E-state index in [1.165, 1.54) is 0 Å². The van der Waals surface area contributed by atoms with E-state index in [4.69, 9.17) is 4.74 Å². The van der Waals surface area contributed by atoms with E-state index in [-0.39, 0.29) is 36.9 Å². The van der Waals surface area contributed by atoms with Crippen molar-refractivity contribution in [3.05, 3.63) is 48.0 Å². The van der Waals surface area contributed by atoms with E-state index >= 15 is 0 Å². The van der Waals surface area contributed by atoms with Gasteiger partial charge in [0.15, 0.2) is 0 Å². The zero-order valence-corrected chi connectivity index (χ0v) is 20.6. The molecule has 1 fully saturated rings. The lowest BCUT2D eigenvalue weighted by Gasteiger charge is -2.36. The summed E-state index contributed by atoms with van der Waals surface area (Å²) in [6.07, 6.45) is 5.34. The molecule has 3 rings (SSSR count). The Morgan fingerprint density at radius 1 is 1.15 bits per heavy atom. The summed E-state index contributed by atoms with van der Waals surface area (Å²) in [5, 5.41) is 13.3. The van der Waals surface area contributed by atoms with Gasteiger partial charge in [0.05, 0.1) is 31.1 Å². The van der Waals surface area contributed by atoms with E-state index in [0.29, 0.717) is 13.0 Å². The van der Waals surface area contributed by atoms with Crippen LogP contribution in [0, 0.1) is 29.6 Å². The Balaban J connectivity index is 1.99. The quantitative estimate of drug-likeness (QED) is 0.405.